The Morgan fingerprint density at radius 1 is 0.229 bits per heavy atom. The van der Waals surface area contributed by atoms with E-state index in [1.807, 2.05) is 24.3 Å². The number of pyridine rings is 2. The summed E-state index contributed by atoms with van der Waals surface area (Å²) in [5.41, 5.74) is 22.4. The summed E-state index contributed by atoms with van der Waals surface area (Å²) < 4.78 is 8.79. The van der Waals surface area contributed by atoms with Crippen LogP contribution in [-0.4, -0.2) is 24.5 Å². The van der Waals surface area contributed by atoms with Gasteiger partial charge in [0.2, 0.25) is 5.89 Å². The molecule has 19 aromatic rings. The molecule has 0 N–H and O–H groups in total. The normalized spacial score (nSPS) is 11.5. The van der Waals surface area contributed by atoms with Crippen LogP contribution in [-0.2, 0) is 0 Å². The summed E-state index contributed by atoms with van der Waals surface area (Å²) in [5, 5.41) is 11.4. The van der Waals surface area contributed by atoms with Gasteiger partial charge in [0.15, 0.2) is 5.58 Å². The van der Waals surface area contributed by atoms with Gasteiger partial charge in [0.1, 0.15) is 11.3 Å². The van der Waals surface area contributed by atoms with Crippen LogP contribution in [0.1, 0.15) is 0 Å². The van der Waals surface area contributed by atoms with Crippen LogP contribution in [0.25, 0.3) is 183 Å². The van der Waals surface area contributed by atoms with Crippen molar-refractivity contribution in [2.75, 3.05) is 0 Å². The molecule has 6 nitrogen and oxygen atoms in total. The fourth-order valence-electron chi connectivity index (χ4n) is 14.1. The first kappa shape index (κ1) is 55.9. The number of rotatable bonds is 9. The van der Waals surface area contributed by atoms with Gasteiger partial charge in [-0.3, -0.25) is 4.57 Å². The van der Waals surface area contributed by atoms with Gasteiger partial charge in [0.25, 0.3) is 0 Å². The predicted molar refractivity (Wildman–Crippen MR) is 399 cm³/mol. The highest BCUT2D eigenvalue weighted by molar-refractivity contribution is 6.23. The minimum Gasteiger partial charge on any atom is -0.435 e. The van der Waals surface area contributed by atoms with E-state index in [0.717, 1.165) is 127 Å². The number of hydrogen-bond donors (Lipinski definition) is 0. The summed E-state index contributed by atoms with van der Waals surface area (Å²) in [7, 11) is 0. The monoisotopic (exact) mass is 1220 g/mol. The van der Waals surface area contributed by atoms with Crippen LogP contribution in [0.2, 0.25) is 0 Å². The number of nitrogens with zero attached hydrogens (tertiary/aromatic N) is 5. The van der Waals surface area contributed by atoms with Crippen molar-refractivity contribution in [3.8, 4) is 95.6 Å². The van der Waals surface area contributed by atoms with Crippen LogP contribution >= 0.6 is 0 Å². The summed E-state index contributed by atoms with van der Waals surface area (Å²) in [6.07, 6.45) is 0. The van der Waals surface area contributed by atoms with E-state index in [1.54, 1.807) is 0 Å². The van der Waals surface area contributed by atoms with Gasteiger partial charge < -0.3 is 4.42 Å². The van der Waals surface area contributed by atoms with Crippen LogP contribution in [0.3, 0.4) is 0 Å². The standard InChI is InChI=1S/C46H28N2O.C44H29N3/c1-3-13-29(14-4-1)40-28-42(31-15-5-2-6-16-31)47-43-36-20-10-8-19-35(36)39(27-41(40)43)30-23-25-32(26-24-30)46-48-44-37-21-11-7-17-33(37)34-18-9-12-22-38(34)45(44)49-46;1-4-14-30(15-5-1)38-29-41(32-16-6-2-7-17-32)45-43-36-21-11-10-20-35(36)37(28-39(38)43)31-24-26-33(27-25-31)44-46-40-22-12-13-23-42(40)47(44)34-18-8-3-9-19-34/h1-28H;1-29H. The second kappa shape index (κ2) is 23.7. The summed E-state index contributed by atoms with van der Waals surface area (Å²) in [6, 6.07) is 122. The molecule has 0 spiro atoms. The van der Waals surface area contributed by atoms with Gasteiger partial charge in [-0.1, -0.05) is 285 Å². The van der Waals surface area contributed by atoms with Gasteiger partial charge >= 0.3 is 0 Å². The lowest BCUT2D eigenvalue weighted by Gasteiger charge is -2.16. The highest BCUT2D eigenvalue weighted by Gasteiger charge is 2.21. The average molecular weight is 1220 g/mol. The Bertz CT molecular complexity index is 6080. The van der Waals surface area contributed by atoms with Gasteiger partial charge in [0.05, 0.1) is 33.5 Å². The van der Waals surface area contributed by atoms with Gasteiger partial charge in [-0.25, -0.2) is 19.9 Å². The zero-order valence-corrected chi connectivity index (χ0v) is 52.1. The van der Waals surface area contributed by atoms with Gasteiger partial charge in [-0.05, 0) is 127 Å². The van der Waals surface area contributed by atoms with E-state index in [4.69, 9.17) is 24.4 Å². The third kappa shape index (κ3) is 9.83. The van der Waals surface area contributed by atoms with E-state index < -0.39 is 0 Å². The number of para-hydroxylation sites is 3. The van der Waals surface area contributed by atoms with Crippen LogP contribution in [0.5, 0.6) is 0 Å². The van der Waals surface area contributed by atoms with E-state index in [9.17, 15) is 0 Å². The van der Waals surface area contributed by atoms with E-state index >= 15 is 0 Å². The van der Waals surface area contributed by atoms with Crippen LogP contribution < -0.4 is 0 Å². The molecule has 0 aliphatic heterocycles. The number of oxazole rings is 1. The first-order valence-electron chi connectivity index (χ1n) is 32.5. The van der Waals surface area contributed by atoms with E-state index in [0.29, 0.717) is 5.89 Å². The quantitative estimate of drug-likeness (QED) is 0.135. The summed E-state index contributed by atoms with van der Waals surface area (Å²) >= 11 is 0. The molecular weight excluding hydrogens is 1170 g/mol. The van der Waals surface area contributed by atoms with Crippen molar-refractivity contribution in [3.05, 3.63) is 346 Å². The molecule has 0 aliphatic carbocycles. The second-order valence-corrected chi connectivity index (χ2v) is 24.3. The maximum absolute atomic E-state index is 6.54. The second-order valence-electron chi connectivity index (χ2n) is 24.3. The molecule has 448 valence electrons. The maximum atomic E-state index is 6.54. The molecule has 15 aromatic carbocycles. The number of imidazole rings is 1. The van der Waals surface area contributed by atoms with Gasteiger partial charge in [-0.2, -0.15) is 0 Å². The van der Waals surface area contributed by atoms with Crippen LogP contribution in [0.15, 0.2) is 350 Å². The molecule has 4 heterocycles. The Morgan fingerprint density at radius 2 is 0.583 bits per heavy atom. The van der Waals surface area contributed by atoms with Gasteiger partial charge in [-0.15, -0.1) is 0 Å². The molecule has 19 rings (SSSR count). The van der Waals surface area contributed by atoms with Crippen molar-refractivity contribution in [1.29, 1.82) is 0 Å². The smallest absolute Gasteiger partial charge is 0.227 e. The van der Waals surface area contributed by atoms with E-state index in [2.05, 4.69) is 326 Å². The molecule has 0 atom stereocenters. The topological polar surface area (TPSA) is 69.6 Å². The first-order chi connectivity index (χ1) is 47.6. The van der Waals surface area contributed by atoms with Crippen molar-refractivity contribution < 1.29 is 4.42 Å². The minimum absolute atomic E-state index is 0.621. The van der Waals surface area contributed by atoms with Crippen molar-refractivity contribution in [1.82, 2.24) is 24.5 Å². The molecular formula is C90H57N5O. The zero-order valence-electron chi connectivity index (χ0n) is 52.1. The molecule has 0 bridgehead atoms. The molecule has 0 fully saturated rings. The molecule has 0 unspecified atom stereocenters. The van der Waals surface area contributed by atoms with Crippen LogP contribution in [0.4, 0.5) is 0 Å². The van der Waals surface area contributed by atoms with Crippen molar-refractivity contribution in [3.63, 3.8) is 0 Å². The molecule has 4 aromatic heterocycles. The number of fused-ring (bicyclic) bond motifs is 13. The number of benzene rings is 15. The Kier molecular flexibility index (Phi) is 13.8. The highest BCUT2D eigenvalue weighted by atomic mass is 16.3. The van der Waals surface area contributed by atoms with Crippen molar-refractivity contribution in [2.24, 2.45) is 0 Å². The number of hydrogen-bond acceptors (Lipinski definition) is 5. The Balaban J connectivity index is 0.000000140. The van der Waals surface area contributed by atoms with Crippen molar-refractivity contribution >= 4 is 87.0 Å². The SMILES string of the molecule is c1ccc(-c2cc(-c3ccccc3)c3cc(-c4ccc(-c5nc6c7ccccc7c7ccccc7c6o5)cc4)c4ccccc4c3n2)cc1.c1ccc(-c2cc(-c3ccccc3)c3cc(-c4ccc(-c5nc6ccccc6n5-c5ccccc5)cc4)c4ccccc4c3n2)cc1. The lowest BCUT2D eigenvalue weighted by Crippen LogP contribution is -1.97. The summed E-state index contributed by atoms with van der Waals surface area (Å²) in [5.74, 6) is 1.55. The fraction of sp³-hybridized carbons (Fsp3) is 0. The predicted octanol–water partition coefficient (Wildman–Crippen LogP) is 23.9. The lowest BCUT2D eigenvalue weighted by atomic mass is 9.91. The average Bonchev–Trinajstić information content (AvgIpc) is 0.887. The molecule has 0 radical (unpaired) electrons. The molecule has 96 heavy (non-hydrogen) atoms. The van der Waals surface area contributed by atoms with E-state index in [1.165, 1.54) is 49.4 Å². The minimum atomic E-state index is 0.621. The first-order valence-corrected chi connectivity index (χ1v) is 32.5. The summed E-state index contributed by atoms with van der Waals surface area (Å²) in [6.45, 7) is 0. The molecule has 0 saturated carbocycles. The zero-order chi connectivity index (χ0) is 63.5. The molecule has 0 saturated heterocycles. The maximum Gasteiger partial charge on any atom is 0.227 e. The molecule has 6 heteroatoms. The Labute approximate surface area is 554 Å². The number of aromatic nitrogens is 5. The summed E-state index contributed by atoms with van der Waals surface area (Å²) in [4.78, 5) is 20.7. The third-order valence-electron chi connectivity index (χ3n) is 18.7. The van der Waals surface area contributed by atoms with Gasteiger partial charge in [0, 0.05) is 60.3 Å². The van der Waals surface area contributed by atoms with Crippen molar-refractivity contribution in [2.45, 2.75) is 0 Å². The lowest BCUT2D eigenvalue weighted by molar-refractivity contribution is 0.623. The molecule has 0 aliphatic rings. The van der Waals surface area contributed by atoms with E-state index in [-0.39, 0.29) is 0 Å². The fourth-order valence-corrected chi connectivity index (χ4v) is 14.1. The highest BCUT2D eigenvalue weighted by Crippen LogP contribution is 2.44. The molecule has 0 amide bonds. The Morgan fingerprint density at radius 3 is 1.08 bits per heavy atom. The Hall–Kier alpha value is -12.9. The third-order valence-corrected chi connectivity index (χ3v) is 18.7. The van der Waals surface area contributed by atoms with Crippen LogP contribution in [0, 0.1) is 0 Å². The largest absolute Gasteiger partial charge is 0.435 e.